The Morgan fingerprint density at radius 2 is 1.64 bits per heavy atom. The largest absolute Gasteiger partial charge is 0.343 e. The number of carbonyl (C=O) groups is 3. The molecule has 0 aliphatic heterocycles. The highest BCUT2D eigenvalue weighted by molar-refractivity contribution is 7.12. The van der Waals surface area contributed by atoms with Crippen LogP contribution in [0.5, 0.6) is 0 Å². The van der Waals surface area contributed by atoms with Crippen LogP contribution < -0.4 is 0 Å². The standard InChI is InChI=1S/C20H29NO3S/c1-21(16-8-5-3-2-4-6-9-16)20(24)14-12-17(22)11-13-18(23)19-10-7-15-25-19/h7,10,15-16H,2-6,8-9,11-14H2,1H3. The Morgan fingerprint density at radius 1 is 1.00 bits per heavy atom. The minimum absolute atomic E-state index is 0.00400. The fourth-order valence-electron chi connectivity index (χ4n) is 3.39. The van der Waals surface area contributed by atoms with Crippen LogP contribution in [-0.4, -0.2) is 35.5 Å². The number of hydrogen-bond donors (Lipinski definition) is 0. The Hall–Kier alpha value is -1.49. The fraction of sp³-hybridized carbons (Fsp3) is 0.650. The van der Waals surface area contributed by atoms with E-state index in [-0.39, 0.29) is 43.2 Å². The first-order valence-corrected chi connectivity index (χ1v) is 10.3. The predicted octanol–water partition coefficient (Wildman–Crippen LogP) is 4.63. The van der Waals surface area contributed by atoms with E-state index in [2.05, 4.69) is 0 Å². The van der Waals surface area contributed by atoms with Gasteiger partial charge in [-0.15, -0.1) is 11.3 Å². The van der Waals surface area contributed by atoms with Gasteiger partial charge in [0.1, 0.15) is 5.78 Å². The second kappa shape index (κ2) is 10.5. The van der Waals surface area contributed by atoms with E-state index < -0.39 is 0 Å². The lowest BCUT2D eigenvalue weighted by atomic mass is 9.95. The number of hydrogen-bond acceptors (Lipinski definition) is 4. The molecule has 25 heavy (non-hydrogen) atoms. The molecule has 0 bridgehead atoms. The van der Waals surface area contributed by atoms with Crippen molar-refractivity contribution in [1.82, 2.24) is 4.90 Å². The summed E-state index contributed by atoms with van der Waals surface area (Å²) in [5.41, 5.74) is 0. The van der Waals surface area contributed by atoms with Crippen molar-refractivity contribution in [3.8, 4) is 0 Å². The zero-order valence-corrected chi connectivity index (χ0v) is 16.0. The van der Waals surface area contributed by atoms with Gasteiger partial charge in [0.15, 0.2) is 5.78 Å². The number of rotatable bonds is 8. The van der Waals surface area contributed by atoms with Gasteiger partial charge < -0.3 is 4.90 Å². The van der Waals surface area contributed by atoms with Crippen LogP contribution in [0.1, 0.15) is 80.3 Å². The van der Waals surface area contributed by atoms with Crippen LogP contribution in [0.2, 0.25) is 0 Å². The fourth-order valence-corrected chi connectivity index (χ4v) is 4.08. The van der Waals surface area contributed by atoms with E-state index in [1.807, 2.05) is 23.4 Å². The molecule has 1 aliphatic rings. The summed E-state index contributed by atoms with van der Waals surface area (Å²) in [5, 5.41) is 1.86. The molecule has 1 aromatic rings. The summed E-state index contributed by atoms with van der Waals surface area (Å²) in [4.78, 5) is 38.8. The highest BCUT2D eigenvalue weighted by atomic mass is 32.1. The zero-order chi connectivity index (χ0) is 18.1. The maximum atomic E-state index is 12.4. The predicted molar refractivity (Wildman–Crippen MR) is 101 cm³/mol. The average molecular weight is 364 g/mol. The van der Waals surface area contributed by atoms with Crippen LogP contribution in [0, 0.1) is 0 Å². The van der Waals surface area contributed by atoms with Gasteiger partial charge in [0.05, 0.1) is 4.88 Å². The van der Waals surface area contributed by atoms with Crippen molar-refractivity contribution < 1.29 is 14.4 Å². The lowest BCUT2D eigenvalue weighted by Gasteiger charge is -2.29. The van der Waals surface area contributed by atoms with Gasteiger partial charge in [0, 0.05) is 38.8 Å². The van der Waals surface area contributed by atoms with Crippen molar-refractivity contribution in [2.24, 2.45) is 0 Å². The van der Waals surface area contributed by atoms with E-state index in [0.29, 0.717) is 10.9 Å². The molecule has 1 amide bonds. The van der Waals surface area contributed by atoms with Gasteiger partial charge in [-0.05, 0) is 24.3 Å². The van der Waals surface area contributed by atoms with Crippen molar-refractivity contribution in [3.05, 3.63) is 22.4 Å². The molecule has 1 fully saturated rings. The highest BCUT2D eigenvalue weighted by Gasteiger charge is 2.21. The van der Waals surface area contributed by atoms with Crippen molar-refractivity contribution >= 4 is 28.8 Å². The first-order chi connectivity index (χ1) is 12.1. The minimum atomic E-state index is 0.00400. The minimum Gasteiger partial charge on any atom is -0.343 e. The molecule has 1 aliphatic carbocycles. The van der Waals surface area contributed by atoms with E-state index in [0.717, 1.165) is 12.8 Å². The third-order valence-electron chi connectivity index (χ3n) is 5.06. The Balaban J connectivity index is 1.69. The molecule has 0 saturated heterocycles. The molecule has 1 saturated carbocycles. The van der Waals surface area contributed by atoms with E-state index in [4.69, 9.17) is 0 Å². The number of Topliss-reactive ketones (excluding diaryl/α,β-unsaturated/α-hetero) is 2. The van der Waals surface area contributed by atoms with E-state index in [1.165, 1.54) is 43.4 Å². The van der Waals surface area contributed by atoms with Crippen LogP contribution >= 0.6 is 11.3 Å². The van der Waals surface area contributed by atoms with Crippen molar-refractivity contribution in [2.45, 2.75) is 76.7 Å². The van der Waals surface area contributed by atoms with E-state index in [9.17, 15) is 14.4 Å². The third-order valence-corrected chi connectivity index (χ3v) is 5.97. The number of carbonyl (C=O) groups excluding carboxylic acids is 3. The van der Waals surface area contributed by atoms with Gasteiger partial charge in [-0.2, -0.15) is 0 Å². The smallest absolute Gasteiger partial charge is 0.223 e. The molecule has 0 unspecified atom stereocenters. The summed E-state index contributed by atoms with van der Waals surface area (Å²) in [6.45, 7) is 0. The molecular weight excluding hydrogens is 334 g/mol. The van der Waals surface area contributed by atoms with Crippen LogP contribution in [0.25, 0.3) is 0 Å². The quantitative estimate of drug-likeness (QED) is 0.633. The Bertz CT molecular complexity index is 560. The second-order valence-electron chi connectivity index (χ2n) is 6.94. The number of nitrogens with zero attached hydrogens (tertiary/aromatic N) is 1. The second-order valence-corrected chi connectivity index (χ2v) is 7.89. The molecule has 5 heteroatoms. The maximum absolute atomic E-state index is 12.4. The molecule has 0 atom stereocenters. The first-order valence-electron chi connectivity index (χ1n) is 9.42. The van der Waals surface area contributed by atoms with E-state index >= 15 is 0 Å². The topological polar surface area (TPSA) is 54.5 Å². The lowest BCUT2D eigenvalue weighted by molar-refractivity contribution is -0.134. The van der Waals surface area contributed by atoms with Gasteiger partial charge in [-0.25, -0.2) is 0 Å². The van der Waals surface area contributed by atoms with Crippen LogP contribution in [0.3, 0.4) is 0 Å². The Morgan fingerprint density at radius 3 is 2.28 bits per heavy atom. The highest BCUT2D eigenvalue weighted by Crippen LogP contribution is 2.21. The summed E-state index contributed by atoms with van der Waals surface area (Å²) < 4.78 is 0. The maximum Gasteiger partial charge on any atom is 0.223 e. The van der Waals surface area contributed by atoms with Gasteiger partial charge in [0.25, 0.3) is 0 Å². The molecule has 1 heterocycles. The van der Waals surface area contributed by atoms with Gasteiger partial charge >= 0.3 is 0 Å². The molecule has 0 N–H and O–H groups in total. The third kappa shape index (κ3) is 6.73. The summed E-state index contributed by atoms with van der Waals surface area (Å²) in [6, 6.07) is 3.94. The monoisotopic (exact) mass is 363 g/mol. The summed E-state index contributed by atoms with van der Waals surface area (Å²) in [5.74, 6) is 0.0779. The molecule has 0 spiro atoms. The Kier molecular flexibility index (Phi) is 8.32. The summed E-state index contributed by atoms with van der Waals surface area (Å²) in [6.07, 6.45) is 9.33. The van der Waals surface area contributed by atoms with Crippen molar-refractivity contribution in [1.29, 1.82) is 0 Å². The van der Waals surface area contributed by atoms with Crippen molar-refractivity contribution in [2.75, 3.05) is 7.05 Å². The first kappa shape index (κ1) is 19.8. The van der Waals surface area contributed by atoms with Crippen LogP contribution in [0.4, 0.5) is 0 Å². The van der Waals surface area contributed by atoms with Gasteiger partial charge in [0.2, 0.25) is 5.91 Å². The van der Waals surface area contributed by atoms with Crippen LogP contribution in [-0.2, 0) is 9.59 Å². The molecule has 0 radical (unpaired) electrons. The van der Waals surface area contributed by atoms with Gasteiger partial charge in [-0.1, -0.05) is 38.2 Å². The molecule has 4 nitrogen and oxygen atoms in total. The zero-order valence-electron chi connectivity index (χ0n) is 15.2. The number of ketones is 2. The van der Waals surface area contributed by atoms with Crippen LogP contribution in [0.15, 0.2) is 17.5 Å². The molecule has 2 rings (SSSR count). The van der Waals surface area contributed by atoms with E-state index in [1.54, 1.807) is 6.07 Å². The molecular formula is C20H29NO3S. The van der Waals surface area contributed by atoms with Crippen molar-refractivity contribution in [3.63, 3.8) is 0 Å². The Labute approximate surface area is 154 Å². The number of amides is 1. The molecule has 138 valence electrons. The molecule has 1 aromatic heterocycles. The lowest BCUT2D eigenvalue weighted by Crippen LogP contribution is -2.37. The van der Waals surface area contributed by atoms with Gasteiger partial charge in [-0.3, -0.25) is 14.4 Å². The number of thiophene rings is 1. The average Bonchev–Trinajstić information content (AvgIpc) is 3.11. The molecule has 0 aromatic carbocycles. The SMILES string of the molecule is CN(C(=O)CCC(=O)CCC(=O)c1cccs1)C1CCCCCCC1. The summed E-state index contributed by atoms with van der Waals surface area (Å²) in [7, 11) is 1.87. The summed E-state index contributed by atoms with van der Waals surface area (Å²) >= 11 is 1.40. The normalized spacial score (nSPS) is 16.0.